The molecule has 110 valence electrons. The van der Waals surface area contributed by atoms with E-state index in [0.717, 1.165) is 23.3 Å². The highest BCUT2D eigenvalue weighted by molar-refractivity contribution is 7.80. The Labute approximate surface area is 129 Å². The van der Waals surface area contributed by atoms with Crippen molar-refractivity contribution in [2.24, 2.45) is 5.73 Å². The molecule has 4 nitrogen and oxygen atoms in total. The van der Waals surface area contributed by atoms with Gasteiger partial charge in [0.05, 0.1) is 6.61 Å². The Hall–Kier alpha value is -2.14. The zero-order chi connectivity index (χ0) is 15.2. The molecule has 0 unspecified atom stereocenters. The standard InChI is InChI=1S/C16H18N2O2S/c1-12-7-9-18(15(19)11-12)8-2-10-20-14-5-3-13(4-6-14)16(17)21/h3-7,9,11H,2,8,10H2,1H3,(H2,17,21). The third-order valence-electron chi connectivity index (χ3n) is 3.10. The van der Waals surface area contributed by atoms with Gasteiger partial charge in [-0.25, -0.2) is 0 Å². The molecule has 0 fully saturated rings. The summed E-state index contributed by atoms with van der Waals surface area (Å²) in [5, 5.41) is 0. The minimum atomic E-state index is 0.0239. The SMILES string of the molecule is Cc1ccn(CCCOc2ccc(C(N)=S)cc2)c(=O)c1. The van der Waals surface area contributed by atoms with E-state index in [9.17, 15) is 4.79 Å². The van der Waals surface area contributed by atoms with Crippen LogP contribution in [-0.4, -0.2) is 16.2 Å². The van der Waals surface area contributed by atoms with Crippen LogP contribution in [0.1, 0.15) is 17.5 Å². The molecule has 0 saturated heterocycles. The average Bonchev–Trinajstić information content (AvgIpc) is 2.46. The number of nitrogens with two attached hydrogens (primary N) is 1. The first-order valence-electron chi connectivity index (χ1n) is 6.76. The van der Waals surface area contributed by atoms with Gasteiger partial charge in [-0.3, -0.25) is 4.79 Å². The second kappa shape index (κ2) is 7.04. The zero-order valence-corrected chi connectivity index (χ0v) is 12.7. The summed E-state index contributed by atoms with van der Waals surface area (Å²) in [5.41, 5.74) is 7.36. The fraction of sp³-hybridized carbons (Fsp3) is 0.250. The Morgan fingerprint density at radius 1 is 1.29 bits per heavy atom. The first kappa shape index (κ1) is 15.3. The summed E-state index contributed by atoms with van der Waals surface area (Å²) in [4.78, 5) is 12.1. The number of hydrogen-bond acceptors (Lipinski definition) is 3. The lowest BCUT2D eigenvalue weighted by atomic mass is 10.2. The predicted octanol–water partition coefficient (Wildman–Crippen LogP) is 2.26. The molecule has 0 atom stereocenters. The molecule has 2 rings (SSSR count). The predicted molar refractivity (Wildman–Crippen MR) is 87.9 cm³/mol. The Bertz CT molecular complexity index is 677. The molecule has 0 radical (unpaired) electrons. The first-order valence-corrected chi connectivity index (χ1v) is 7.17. The molecule has 0 spiro atoms. The smallest absolute Gasteiger partial charge is 0.250 e. The molecule has 0 aliphatic rings. The second-order valence-electron chi connectivity index (χ2n) is 4.83. The topological polar surface area (TPSA) is 57.2 Å². The van der Waals surface area contributed by atoms with Crippen LogP contribution in [0.4, 0.5) is 0 Å². The molecule has 2 aromatic rings. The molecular weight excluding hydrogens is 284 g/mol. The highest BCUT2D eigenvalue weighted by Crippen LogP contribution is 2.12. The minimum absolute atomic E-state index is 0.0239. The summed E-state index contributed by atoms with van der Waals surface area (Å²) in [5.74, 6) is 0.770. The summed E-state index contributed by atoms with van der Waals surface area (Å²) in [6.45, 7) is 3.10. The second-order valence-corrected chi connectivity index (χ2v) is 5.27. The fourth-order valence-corrected chi connectivity index (χ4v) is 2.07. The van der Waals surface area contributed by atoms with E-state index in [1.165, 1.54) is 0 Å². The summed E-state index contributed by atoms with van der Waals surface area (Å²) in [6.07, 6.45) is 2.58. The fourth-order valence-electron chi connectivity index (χ4n) is 1.93. The van der Waals surface area contributed by atoms with Crippen molar-refractivity contribution in [3.63, 3.8) is 0 Å². The van der Waals surface area contributed by atoms with Gasteiger partial charge in [0.15, 0.2) is 0 Å². The van der Waals surface area contributed by atoms with Crippen molar-refractivity contribution in [3.8, 4) is 5.75 Å². The third-order valence-corrected chi connectivity index (χ3v) is 3.34. The molecule has 0 bridgehead atoms. The zero-order valence-electron chi connectivity index (χ0n) is 11.9. The molecular formula is C16H18N2O2S. The number of ether oxygens (including phenoxy) is 1. The number of thiocarbonyl (C=S) groups is 1. The van der Waals surface area contributed by atoms with Gasteiger partial charge in [0.25, 0.3) is 5.56 Å². The molecule has 0 amide bonds. The first-order chi connectivity index (χ1) is 10.1. The van der Waals surface area contributed by atoms with E-state index in [2.05, 4.69) is 0 Å². The van der Waals surface area contributed by atoms with Gasteiger partial charge in [-0.05, 0) is 49.2 Å². The molecule has 1 aromatic heterocycles. The number of rotatable bonds is 6. The van der Waals surface area contributed by atoms with Crippen molar-refractivity contribution < 1.29 is 4.74 Å². The highest BCUT2D eigenvalue weighted by Gasteiger charge is 1.99. The van der Waals surface area contributed by atoms with Crippen LogP contribution < -0.4 is 16.0 Å². The van der Waals surface area contributed by atoms with Crippen LogP contribution in [0.2, 0.25) is 0 Å². The monoisotopic (exact) mass is 302 g/mol. The quantitative estimate of drug-likeness (QED) is 0.657. The number of pyridine rings is 1. The molecule has 2 N–H and O–H groups in total. The number of aromatic nitrogens is 1. The van der Waals surface area contributed by atoms with Crippen molar-refractivity contribution in [1.82, 2.24) is 4.57 Å². The highest BCUT2D eigenvalue weighted by atomic mass is 32.1. The molecule has 1 aromatic carbocycles. The van der Waals surface area contributed by atoms with Gasteiger partial charge in [-0.1, -0.05) is 12.2 Å². The van der Waals surface area contributed by atoms with Crippen LogP contribution in [0, 0.1) is 6.92 Å². The number of benzene rings is 1. The van der Waals surface area contributed by atoms with Crippen LogP contribution >= 0.6 is 12.2 Å². The Morgan fingerprint density at radius 2 is 2.00 bits per heavy atom. The van der Waals surface area contributed by atoms with Crippen molar-refractivity contribution in [1.29, 1.82) is 0 Å². The maximum Gasteiger partial charge on any atom is 0.250 e. The van der Waals surface area contributed by atoms with Gasteiger partial charge < -0.3 is 15.0 Å². The molecule has 21 heavy (non-hydrogen) atoms. The van der Waals surface area contributed by atoms with Gasteiger partial charge >= 0.3 is 0 Å². The summed E-state index contributed by atoms with van der Waals surface area (Å²) < 4.78 is 7.31. The van der Waals surface area contributed by atoms with Crippen LogP contribution in [0.25, 0.3) is 0 Å². The lowest BCUT2D eigenvalue weighted by Crippen LogP contribution is -2.19. The Kier molecular flexibility index (Phi) is 5.11. The van der Waals surface area contributed by atoms with E-state index in [1.807, 2.05) is 43.5 Å². The van der Waals surface area contributed by atoms with Crippen molar-refractivity contribution in [2.45, 2.75) is 19.9 Å². The minimum Gasteiger partial charge on any atom is -0.494 e. The molecule has 5 heteroatoms. The summed E-state index contributed by atoms with van der Waals surface area (Å²) in [7, 11) is 0. The van der Waals surface area contributed by atoms with E-state index in [4.69, 9.17) is 22.7 Å². The van der Waals surface area contributed by atoms with Gasteiger partial charge in [-0.15, -0.1) is 0 Å². The van der Waals surface area contributed by atoms with Crippen LogP contribution in [0.15, 0.2) is 47.4 Å². The normalized spacial score (nSPS) is 10.3. The van der Waals surface area contributed by atoms with E-state index in [1.54, 1.807) is 10.6 Å². The molecule has 0 aliphatic heterocycles. The van der Waals surface area contributed by atoms with Crippen LogP contribution in [0.5, 0.6) is 5.75 Å². The maximum absolute atomic E-state index is 11.7. The van der Waals surface area contributed by atoms with Crippen molar-refractivity contribution >= 4 is 17.2 Å². The van der Waals surface area contributed by atoms with Gasteiger partial charge in [0.1, 0.15) is 10.7 Å². The lowest BCUT2D eigenvalue weighted by Gasteiger charge is -2.08. The van der Waals surface area contributed by atoms with Crippen molar-refractivity contribution in [3.05, 3.63) is 64.1 Å². The summed E-state index contributed by atoms with van der Waals surface area (Å²) >= 11 is 4.89. The Morgan fingerprint density at radius 3 is 2.62 bits per heavy atom. The number of aryl methyl sites for hydroxylation is 2. The van der Waals surface area contributed by atoms with Crippen LogP contribution in [0.3, 0.4) is 0 Å². The van der Waals surface area contributed by atoms with E-state index >= 15 is 0 Å². The molecule has 0 aliphatic carbocycles. The van der Waals surface area contributed by atoms with Crippen molar-refractivity contribution in [2.75, 3.05) is 6.61 Å². The number of nitrogens with zero attached hydrogens (tertiary/aromatic N) is 1. The van der Waals surface area contributed by atoms with Gasteiger partial charge in [-0.2, -0.15) is 0 Å². The van der Waals surface area contributed by atoms with E-state index in [0.29, 0.717) is 18.1 Å². The molecule has 0 saturated carbocycles. The van der Waals surface area contributed by atoms with Crippen LogP contribution in [-0.2, 0) is 6.54 Å². The van der Waals surface area contributed by atoms with Gasteiger partial charge in [0.2, 0.25) is 0 Å². The Balaban J connectivity index is 1.81. The lowest BCUT2D eigenvalue weighted by molar-refractivity contribution is 0.301. The van der Waals surface area contributed by atoms with Gasteiger partial charge in [0, 0.05) is 24.4 Å². The summed E-state index contributed by atoms with van der Waals surface area (Å²) in [6, 6.07) is 10.9. The third kappa shape index (κ3) is 4.43. The van der Waals surface area contributed by atoms with E-state index in [-0.39, 0.29) is 5.56 Å². The number of hydrogen-bond donors (Lipinski definition) is 1. The maximum atomic E-state index is 11.7. The average molecular weight is 302 g/mol. The molecule has 1 heterocycles. The largest absolute Gasteiger partial charge is 0.494 e. The van der Waals surface area contributed by atoms with E-state index < -0.39 is 0 Å².